The minimum Gasteiger partial charge on any atom is -0.496 e. The summed E-state index contributed by atoms with van der Waals surface area (Å²) in [5.74, 6) is 1.95. The number of hydrogen-bond donors (Lipinski definition) is 0. The summed E-state index contributed by atoms with van der Waals surface area (Å²) >= 11 is 0. The summed E-state index contributed by atoms with van der Waals surface area (Å²) in [7, 11) is 3.47. The predicted molar refractivity (Wildman–Crippen MR) is 93.5 cm³/mol. The van der Waals surface area contributed by atoms with Crippen LogP contribution in [0.3, 0.4) is 0 Å². The average Bonchev–Trinajstić information content (AvgIpc) is 2.47. The molecule has 0 spiro atoms. The third-order valence-electron chi connectivity index (χ3n) is 4.58. The topological polar surface area (TPSA) is 18.5 Å². The fourth-order valence-electron chi connectivity index (χ4n) is 3.58. The zero-order chi connectivity index (χ0) is 16.0. The molecular weight excluding hydrogens is 272 g/mol. The molecule has 114 valence electrons. The highest BCUT2D eigenvalue weighted by molar-refractivity contribution is 6.03. The summed E-state index contributed by atoms with van der Waals surface area (Å²) in [6, 6.07) is 8.94. The van der Waals surface area contributed by atoms with Gasteiger partial charge in [0, 0.05) is 0 Å². The maximum Gasteiger partial charge on any atom is 0.125 e. The zero-order valence-corrected chi connectivity index (χ0v) is 14.1. The number of rotatable bonds is 2. The molecule has 2 nitrogen and oxygen atoms in total. The van der Waals surface area contributed by atoms with Crippen molar-refractivity contribution in [1.29, 1.82) is 0 Å². The summed E-state index contributed by atoms with van der Waals surface area (Å²) in [6.07, 6.45) is 0. The third kappa shape index (κ3) is 2.02. The Morgan fingerprint density at radius 2 is 1.00 bits per heavy atom. The van der Waals surface area contributed by atoms with Gasteiger partial charge in [0.05, 0.1) is 14.2 Å². The molecule has 0 fully saturated rings. The molecule has 0 aliphatic carbocycles. The van der Waals surface area contributed by atoms with Gasteiger partial charge >= 0.3 is 0 Å². The Balaban J connectivity index is 2.47. The van der Waals surface area contributed by atoms with Crippen molar-refractivity contribution in [3.63, 3.8) is 0 Å². The van der Waals surface area contributed by atoms with Crippen LogP contribution < -0.4 is 9.47 Å². The van der Waals surface area contributed by atoms with Gasteiger partial charge in [-0.25, -0.2) is 0 Å². The predicted octanol–water partition coefficient (Wildman–Crippen LogP) is 5.24. The lowest BCUT2D eigenvalue weighted by atomic mass is 9.94. The Morgan fingerprint density at radius 1 is 0.591 bits per heavy atom. The van der Waals surface area contributed by atoms with E-state index in [9.17, 15) is 0 Å². The second-order valence-corrected chi connectivity index (χ2v) is 6.00. The molecule has 0 unspecified atom stereocenters. The van der Waals surface area contributed by atoms with Crippen LogP contribution >= 0.6 is 0 Å². The highest BCUT2D eigenvalue weighted by Gasteiger charge is 2.13. The number of fused-ring (bicyclic) bond motifs is 2. The molecule has 0 amide bonds. The molecule has 0 saturated heterocycles. The minimum absolute atomic E-state index is 0.976. The lowest BCUT2D eigenvalue weighted by Gasteiger charge is -2.16. The molecule has 22 heavy (non-hydrogen) atoms. The van der Waals surface area contributed by atoms with Gasteiger partial charge in [-0.05, 0) is 95.8 Å². The van der Waals surface area contributed by atoms with Crippen LogP contribution in [0.5, 0.6) is 11.5 Å². The first-order valence-corrected chi connectivity index (χ1v) is 7.53. The second-order valence-electron chi connectivity index (χ2n) is 6.00. The van der Waals surface area contributed by atoms with Crippen LogP contribution in [0.25, 0.3) is 21.5 Å². The van der Waals surface area contributed by atoms with Crippen LogP contribution in [0.4, 0.5) is 0 Å². The van der Waals surface area contributed by atoms with E-state index in [2.05, 4.69) is 52.0 Å². The van der Waals surface area contributed by atoms with Gasteiger partial charge in [0.2, 0.25) is 0 Å². The molecule has 0 heterocycles. The SMILES string of the molecule is COc1c(C)cc2cc3cc(C)c(OC)c(C)c3cc2c1C. The zero-order valence-electron chi connectivity index (χ0n) is 14.1. The highest BCUT2D eigenvalue weighted by Crippen LogP contribution is 2.37. The van der Waals surface area contributed by atoms with Crippen LogP contribution in [0.2, 0.25) is 0 Å². The lowest BCUT2D eigenvalue weighted by Crippen LogP contribution is -1.95. The molecule has 0 aliphatic rings. The van der Waals surface area contributed by atoms with Crippen LogP contribution in [0, 0.1) is 27.7 Å². The molecule has 0 radical (unpaired) electrons. The fourth-order valence-corrected chi connectivity index (χ4v) is 3.58. The summed E-state index contributed by atoms with van der Waals surface area (Å²) in [6.45, 7) is 8.45. The normalized spacial score (nSPS) is 11.2. The number of methoxy groups -OCH3 is 2. The molecule has 2 heteroatoms. The van der Waals surface area contributed by atoms with Crippen molar-refractivity contribution >= 4 is 21.5 Å². The van der Waals surface area contributed by atoms with Crippen molar-refractivity contribution < 1.29 is 9.47 Å². The smallest absolute Gasteiger partial charge is 0.125 e. The first-order chi connectivity index (χ1) is 10.5. The highest BCUT2D eigenvalue weighted by atomic mass is 16.5. The van der Waals surface area contributed by atoms with Gasteiger partial charge in [-0.2, -0.15) is 0 Å². The average molecular weight is 294 g/mol. The quantitative estimate of drug-likeness (QED) is 0.601. The molecule has 0 bridgehead atoms. The lowest BCUT2D eigenvalue weighted by molar-refractivity contribution is 0.409. The Bertz CT molecular complexity index is 821. The van der Waals surface area contributed by atoms with Gasteiger partial charge in [-0.1, -0.05) is 0 Å². The summed E-state index contributed by atoms with van der Waals surface area (Å²) in [4.78, 5) is 0. The molecule has 3 aromatic carbocycles. The Labute approximate surface area is 131 Å². The van der Waals surface area contributed by atoms with Gasteiger partial charge in [0.1, 0.15) is 11.5 Å². The maximum absolute atomic E-state index is 5.57. The van der Waals surface area contributed by atoms with Crippen LogP contribution in [-0.2, 0) is 0 Å². The first-order valence-electron chi connectivity index (χ1n) is 7.53. The van der Waals surface area contributed by atoms with E-state index in [0.29, 0.717) is 0 Å². The first kappa shape index (κ1) is 14.7. The Kier molecular flexibility index (Phi) is 3.48. The van der Waals surface area contributed by atoms with E-state index < -0.39 is 0 Å². The van der Waals surface area contributed by atoms with E-state index in [1.54, 1.807) is 14.2 Å². The van der Waals surface area contributed by atoms with E-state index in [0.717, 1.165) is 11.5 Å². The van der Waals surface area contributed by atoms with Gasteiger partial charge in [0.15, 0.2) is 0 Å². The van der Waals surface area contributed by atoms with Crippen molar-refractivity contribution in [3.8, 4) is 11.5 Å². The molecule has 0 aliphatic heterocycles. The van der Waals surface area contributed by atoms with Crippen molar-refractivity contribution in [2.45, 2.75) is 27.7 Å². The van der Waals surface area contributed by atoms with Crippen molar-refractivity contribution in [3.05, 3.63) is 46.5 Å². The van der Waals surface area contributed by atoms with E-state index in [1.165, 1.54) is 43.8 Å². The number of aryl methyl sites for hydroxylation is 4. The molecule has 0 saturated carbocycles. The Morgan fingerprint density at radius 3 is 1.36 bits per heavy atom. The standard InChI is InChI=1S/C20H22O2/c1-11-7-15-9-16-8-12(2)20(22-6)14(4)18(16)10-17(15)13(3)19(11)21-5/h7-10H,1-6H3. The molecule has 3 aromatic rings. The molecular formula is C20H22O2. The molecule has 3 rings (SSSR count). The summed E-state index contributed by atoms with van der Waals surface area (Å²) in [5.41, 5.74) is 4.74. The minimum atomic E-state index is 0.976. The van der Waals surface area contributed by atoms with Crippen LogP contribution in [-0.4, -0.2) is 14.2 Å². The third-order valence-corrected chi connectivity index (χ3v) is 4.58. The van der Waals surface area contributed by atoms with Crippen molar-refractivity contribution in [2.24, 2.45) is 0 Å². The molecule has 0 atom stereocenters. The summed E-state index contributed by atoms with van der Waals surface area (Å²) < 4.78 is 11.1. The van der Waals surface area contributed by atoms with Crippen LogP contribution in [0.15, 0.2) is 24.3 Å². The van der Waals surface area contributed by atoms with E-state index in [4.69, 9.17) is 9.47 Å². The molecule has 0 aromatic heterocycles. The molecule has 0 N–H and O–H groups in total. The number of hydrogen-bond acceptors (Lipinski definition) is 2. The van der Waals surface area contributed by atoms with Gasteiger partial charge < -0.3 is 9.47 Å². The Hall–Kier alpha value is -2.22. The van der Waals surface area contributed by atoms with E-state index in [1.807, 2.05) is 0 Å². The van der Waals surface area contributed by atoms with Gasteiger partial charge in [0.25, 0.3) is 0 Å². The number of ether oxygens (including phenoxy) is 2. The van der Waals surface area contributed by atoms with Gasteiger partial charge in [-0.3, -0.25) is 0 Å². The van der Waals surface area contributed by atoms with Gasteiger partial charge in [-0.15, -0.1) is 0 Å². The largest absolute Gasteiger partial charge is 0.496 e. The van der Waals surface area contributed by atoms with E-state index >= 15 is 0 Å². The van der Waals surface area contributed by atoms with Crippen molar-refractivity contribution in [1.82, 2.24) is 0 Å². The fraction of sp³-hybridized carbons (Fsp3) is 0.300. The van der Waals surface area contributed by atoms with E-state index in [-0.39, 0.29) is 0 Å². The van der Waals surface area contributed by atoms with Crippen LogP contribution in [0.1, 0.15) is 22.3 Å². The maximum atomic E-state index is 5.57. The monoisotopic (exact) mass is 294 g/mol. The second kappa shape index (κ2) is 5.20. The summed E-state index contributed by atoms with van der Waals surface area (Å²) in [5, 5.41) is 4.99. The number of benzene rings is 3. The van der Waals surface area contributed by atoms with Crippen molar-refractivity contribution in [2.75, 3.05) is 14.2 Å².